The van der Waals surface area contributed by atoms with Crippen LogP contribution in [0.15, 0.2) is 61.1 Å². The average molecular weight is 438 g/mol. The number of amides is 3. The van der Waals surface area contributed by atoms with E-state index in [0.29, 0.717) is 18.5 Å². The van der Waals surface area contributed by atoms with Gasteiger partial charge in [-0.05, 0) is 41.6 Å². The fraction of sp³-hybridized carbons (Fsp3) is 0.167. The molecule has 0 aliphatic carbocycles. The van der Waals surface area contributed by atoms with Crippen LogP contribution in [0.2, 0.25) is 0 Å². The fourth-order valence-corrected chi connectivity index (χ4v) is 4.55. The Kier molecular flexibility index (Phi) is 4.29. The Morgan fingerprint density at radius 1 is 1.03 bits per heavy atom. The van der Waals surface area contributed by atoms with Gasteiger partial charge in [-0.3, -0.25) is 24.7 Å². The SMILES string of the molecule is O=C1CCC(N2Cc3cc(-n4cc(-c5cccc6ccncc56)nn4)ccc3C2=O)C(=O)N1. The normalized spacial score (nSPS) is 18.0. The molecular weight excluding hydrogens is 420 g/mol. The minimum Gasteiger partial charge on any atom is -0.322 e. The van der Waals surface area contributed by atoms with E-state index in [9.17, 15) is 14.4 Å². The Morgan fingerprint density at radius 2 is 1.94 bits per heavy atom. The van der Waals surface area contributed by atoms with E-state index >= 15 is 0 Å². The Morgan fingerprint density at radius 3 is 2.82 bits per heavy atom. The van der Waals surface area contributed by atoms with Crippen molar-refractivity contribution in [2.24, 2.45) is 0 Å². The molecule has 1 saturated heterocycles. The third-order valence-corrected chi connectivity index (χ3v) is 6.22. The van der Waals surface area contributed by atoms with Crippen molar-refractivity contribution in [1.82, 2.24) is 30.2 Å². The van der Waals surface area contributed by atoms with E-state index in [0.717, 1.165) is 33.3 Å². The number of carbonyl (C=O) groups excluding carboxylic acids is 3. The summed E-state index contributed by atoms with van der Waals surface area (Å²) in [5.41, 5.74) is 3.80. The molecule has 162 valence electrons. The summed E-state index contributed by atoms with van der Waals surface area (Å²) in [7, 11) is 0. The van der Waals surface area contributed by atoms with Gasteiger partial charge in [-0.2, -0.15) is 0 Å². The first-order valence-corrected chi connectivity index (χ1v) is 10.6. The van der Waals surface area contributed by atoms with Crippen molar-refractivity contribution in [2.75, 3.05) is 0 Å². The molecule has 33 heavy (non-hydrogen) atoms. The molecule has 2 aromatic heterocycles. The summed E-state index contributed by atoms with van der Waals surface area (Å²) >= 11 is 0. The summed E-state index contributed by atoms with van der Waals surface area (Å²) in [6.07, 6.45) is 5.98. The largest absolute Gasteiger partial charge is 0.322 e. The fourth-order valence-electron chi connectivity index (χ4n) is 4.55. The molecule has 0 radical (unpaired) electrons. The van der Waals surface area contributed by atoms with Crippen LogP contribution in [0.1, 0.15) is 28.8 Å². The van der Waals surface area contributed by atoms with Crippen LogP contribution in [0.5, 0.6) is 0 Å². The first-order valence-electron chi connectivity index (χ1n) is 10.6. The van der Waals surface area contributed by atoms with Gasteiger partial charge in [0.25, 0.3) is 5.91 Å². The zero-order valence-corrected chi connectivity index (χ0v) is 17.4. The molecule has 0 saturated carbocycles. The molecule has 9 heteroatoms. The number of hydrogen-bond acceptors (Lipinski definition) is 6. The van der Waals surface area contributed by atoms with Crippen LogP contribution in [0, 0.1) is 0 Å². The number of imide groups is 1. The maximum absolute atomic E-state index is 12.9. The van der Waals surface area contributed by atoms with Gasteiger partial charge in [0.1, 0.15) is 11.7 Å². The second-order valence-electron chi connectivity index (χ2n) is 8.19. The lowest BCUT2D eigenvalue weighted by molar-refractivity contribution is -0.136. The average Bonchev–Trinajstić information content (AvgIpc) is 3.44. The number of carbonyl (C=O) groups is 3. The minimum absolute atomic E-state index is 0.200. The zero-order valence-electron chi connectivity index (χ0n) is 17.4. The van der Waals surface area contributed by atoms with Crippen LogP contribution < -0.4 is 5.32 Å². The third kappa shape index (κ3) is 3.16. The van der Waals surface area contributed by atoms with Crippen molar-refractivity contribution in [2.45, 2.75) is 25.4 Å². The van der Waals surface area contributed by atoms with Crippen molar-refractivity contribution in [1.29, 1.82) is 0 Å². The standard InChI is InChI=1S/C24H18N6O3/c31-22-7-6-21(23(32)26-22)29-12-15-10-16(4-5-17(15)24(29)33)30-13-20(27-28-30)18-3-1-2-14-8-9-25-11-19(14)18/h1-5,8-11,13,21H,6-7,12H2,(H,26,31,32). The first-order chi connectivity index (χ1) is 16.1. The van der Waals surface area contributed by atoms with Crippen LogP contribution in [0.3, 0.4) is 0 Å². The molecule has 1 fully saturated rings. The number of rotatable bonds is 3. The Hall–Kier alpha value is -4.40. The molecule has 4 heterocycles. The Bertz CT molecular complexity index is 1450. The Labute approximate surface area is 188 Å². The van der Waals surface area contributed by atoms with E-state index in [1.807, 2.05) is 48.8 Å². The molecule has 2 aliphatic rings. The summed E-state index contributed by atoms with van der Waals surface area (Å²) in [5.74, 6) is -0.918. The highest BCUT2D eigenvalue weighted by Crippen LogP contribution is 2.30. The second kappa shape index (κ2) is 7.33. The number of aromatic nitrogens is 4. The number of pyridine rings is 1. The maximum atomic E-state index is 12.9. The van der Waals surface area contributed by atoms with E-state index in [1.165, 1.54) is 4.90 Å². The molecule has 2 aromatic carbocycles. The van der Waals surface area contributed by atoms with Crippen LogP contribution in [-0.4, -0.2) is 48.6 Å². The maximum Gasteiger partial charge on any atom is 0.255 e. The van der Waals surface area contributed by atoms with Gasteiger partial charge in [-0.1, -0.05) is 23.4 Å². The summed E-state index contributed by atoms with van der Waals surface area (Å²) in [6, 6.07) is 12.8. The lowest BCUT2D eigenvalue weighted by Crippen LogP contribution is -2.52. The monoisotopic (exact) mass is 438 g/mol. The Balaban J connectivity index is 1.30. The number of nitrogens with zero attached hydrogens (tertiary/aromatic N) is 5. The summed E-state index contributed by atoms with van der Waals surface area (Å²) in [6.45, 7) is 0.310. The number of fused-ring (bicyclic) bond motifs is 2. The van der Waals surface area contributed by atoms with Crippen molar-refractivity contribution < 1.29 is 14.4 Å². The van der Waals surface area contributed by atoms with Gasteiger partial charge < -0.3 is 4.90 Å². The molecule has 1 atom stereocenters. The first kappa shape index (κ1) is 19.3. The molecule has 9 nitrogen and oxygen atoms in total. The highest BCUT2D eigenvalue weighted by atomic mass is 16.2. The molecule has 6 rings (SSSR count). The molecule has 3 amide bonds. The van der Waals surface area contributed by atoms with Crippen LogP contribution >= 0.6 is 0 Å². The van der Waals surface area contributed by atoms with E-state index in [4.69, 9.17) is 0 Å². The topological polar surface area (TPSA) is 110 Å². The molecule has 0 spiro atoms. The lowest BCUT2D eigenvalue weighted by atomic mass is 10.0. The van der Waals surface area contributed by atoms with E-state index < -0.39 is 11.9 Å². The summed E-state index contributed by atoms with van der Waals surface area (Å²) < 4.78 is 1.67. The van der Waals surface area contributed by atoms with Crippen LogP contribution in [0.25, 0.3) is 27.7 Å². The zero-order chi connectivity index (χ0) is 22.5. The molecule has 2 aliphatic heterocycles. The number of hydrogen-bond donors (Lipinski definition) is 1. The predicted octanol–water partition coefficient (Wildman–Crippen LogP) is 2.24. The predicted molar refractivity (Wildman–Crippen MR) is 118 cm³/mol. The highest BCUT2D eigenvalue weighted by Gasteiger charge is 2.39. The second-order valence-corrected chi connectivity index (χ2v) is 8.19. The van der Waals surface area contributed by atoms with Gasteiger partial charge in [0.2, 0.25) is 11.8 Å². The minimum atomic E-state index is -0.635. The van der Waals surface area contributed by atoms with Gasteiger partial charge in [0.15, 0.2) is 0 Å². The van der Waals surface area contributed by atoms with Gasteiger partial charge in [0, 0.05) is 41.9 Å². The van der Waals surface area contributed by atoms with Crippen molar-refractivity contribution in [3.05, 3.63) is 72.2 Å². The van der Waals surface area contributed by atoms with Crippen molar-refractivity contribution in [3.8, 4) is 16.9 Å². The molecule has 0 bridgehead atoms. The van der Waals surface area contributed by atoms with Crippen LogP contribution in [-0.2, 0) is 16.1 Å². The highest BCUT2D eigenvalue weighted by molar-refractivity contribution is 6.05. The lowest BCUT2D eigenvalue weighted by Gasteiger charge is -2.29. The number of nitrogens with one attached hydrogen (secondary N) is 1. The van der Waals surface area contributed by atoms with Crippen LogP contribution in [0.4, 0.5) is 0 Å². The molecule has 4 aromatic rings. The third-order valence-electron chi connectivity index (χ3n) is 6.22. The smallest absolute Gasteiger partial charge is 0.255 e. The van der Waals surface area contributed by atoms with Crippen molar-refractivity contribution >= 4 is 28.5 Å². The van der Waals surface area contributed by atoms with E-state index in [1.54, 1.807) is 16.9 Å². The molecular formula is C24H18N6O3. The molecule has 1 unspecified atom stereocenters. The van der Waals surface area contributed by atoms with Gasteiger partial charge in [0.05, 0.1) is 11.9 Å². The summed E-state index contributed by atoms with van der Waals surface area (Å²) in [4.78, 5) is 42.4. The quantitative estimate of drug-likeness (QED) is 0.491. The van der Waals surface area contributed by atoms with Gasteiger partial charge in [-0.15, -0.1) is 5.10 Å². The van der Waals surface area contributed by atoms with Gasteiger partial charge in [-0.25, -0.2) is 4.68 Å². The summed E-state index contributed by atoms with van der Waals surface area (Å²) in [5, 5.41) is 13.0. The van der Waals surface area contributed by atoms with Gasteiger partial charge >= 0.3 is 0 Å². The number of piperidine rings is 1. The van der Waals surface area contributed by atoms with E-state index in [2.05, 4.69) is 20.6 Å². The molecule has 1 N–H and O–H groups in total. The number of benzene rings is 2. The van der Waals surface area contributed by atoms with E-state index in [-0.39, 0.29) is 18.2 Å². The van der Waals surface area contributed by atoms with Crippen molar-refractivity contribution in [3.63, 3.8) is 0 Å².